The van der Waals surface area contributed by atoms with Crippen LogP contribution < -0.4 is 15.5 Å². The maximum absolute atomic E-state index is 11.3. The van der Waals surface area contributed by atoms with Gasteiger partial charge in [0, 0.05) is 32.2 Å². The van der Waals surface area contributed by atoms with E-state index in [0.717, 1.165) is 0 Å². The van der Waals surface area contributed by atoms with Crippen molar-refractivity contribution < 1.29 is 14.4 Å². The number of rotatable bonds is 3. The molecule has 2 N–H and O–H groups in total. The molecule has 2 fully saturated rings. The van der Waals surface area contributed by atoms with E-state index in [1.165, 1.54) is 0 Å². The first-order valence-electron chi connectivity index (χ1n) is 7.27. The van der Waals surface area contributed by atoms with Crippen LogP contribution in [0, 0.1) is 10.1 Å². The van der Waals surface area contributed by atoms with Crippen molar-refractivity contribution in [3.63, 3.8) is 0 Å². The second-order valence-electron chi connectivity index (χ2n) is 5.19. The lowest BCUT2D eigenvalue weighted by Crippen LogP contribution is -2.38. The largest absolute Gasteiger partial charge is 0.391 e. The van der Waals surface area contributed by atoms with E-state index in [0.29, 0.717) is 64.1 Å². The van der Waals surface area contributed by atoms with E-state index in [-0.39, 0.29) is 11.5 Å². The minimum atomic E-state index is -0.525. The molecule has 0 aromatic carbocycles. The SMILES string of the molecule is Nc1c(N2CCOCC2)cc(N2CCOCC2)nc1[N+](=O)[O-]. The first-order valence-corrected chi connectivity index (χ1v) is 7.27. The molecular weight excluding hydrogens is 290 g/mol. The zero-order valence-corrected chi connectivity index (χ0v) is 12.2. The number of hydrogen-bond donors (Lipinski definition) is 1. The summed E-state index contributed by atoms with van der Waals surface area (Å²) in [4.78, 5) is 18.9. The number of nitrogen functional groups attached to an aromatic ring is 1. The Kier molecular flexibility index (Phi) is 4.25. The average molecular weight is 309 g/mol. The number of morpholine rings is 2. The second-order valence-corrected chi connectivity index (χ2v) is 5.19. The molecule has 0 unspecified atom stereocenters. The number of nitrogens with two attached hydrogens (primary N) is 1. The number of nitro groups is 1. The second kappa shape index (κ2) is 6.32. The topological polar surface area (TPSA) is 107 Å². The van der Waals surface area contributed by atoms with Crippen molar-refractivity contribution in [2.24, 2.45) is 0 Å². The molecule has 0 spiro atoms. The zero-order chi connectivity index (χ0) is 15.5. The number of nitrogens with zero attached hydrogens (tertiary/aromatic N) is 4. The molecule has 9 heteroatoms. The highest BCUT2D eigenvalue weighted by Crippen LogP contribution is 2.35. The van der Waals surface area contributed by atoms with Gasteiger partial charge in [-0.15, -0.1) is 0 Å². The van der Waals surface area contributed by atoms with Crippen molar-refractivity contribution in [2.75, 3.05) is 68.1 Å². The Morgan fingerprint density at radius 2 is 1.64 bits per heavy atom. The Morgan fingerprint density at radius 1 is 1.09 bits per heavy atom. The van der Waals surface area contributed by atoms with E-state index in [1.807, 2.05) is 15.9 Å². The fourth-order valence-corrected chi connectivity index (χ4v) is 2.68. The molecule has 120 valence electrons. The van der Waals surface area contributed by atoms with Gasteiger partial charge >= 0.3 is 5.82 Å². The summed E-state index contributed by atoms with van der Waals surface area (Å²) in [7, 11) is 0. The van der Waals surface area contributed by atoms with Crippen molar-refractivity contribution in [1.29, 1.82) is 0 Å². The standard InChI is InChI=1S/C13H19N5O4/c14-12-10(16-1-5-21-6-2-16)9-11(15-13(12)18(19)20)17-3-7-22-8-4-17/h9H,1-8,14H2. The van der Waals surface area contributed by atoms with Gasteiger partial charge in [-0.1, -0.05) is 0 Å². The minimum absolute atomic E-state index is 0.115. The lowest BCUT2D eigenvalue weighted by Gasteiger charge is -2.31. The van der Waals surface area contributed by atoms with E-state index in [9.17, 15) is 10.1 Å². The lowest BCUT2D eigenvalue weighted by molar-refractivity contribution is -0.388. The molecule has 0 radical (unpaired) electrons. The third kappa shape index (κ3) is 2.90. The molecule has 2 aliphatic rings. The van der Waals surface area contributed by atoms with Crippen LogP contribution in [0.4, 0.5) is 23.0 Å². The van der Waals surface area contributed by atoms with Crippen LogP contribution in [0.25, 0.3) is 0 Å². The number of pyridine rings is 1. The maximum atomic E-state index is 11.3. The zero-order valence-electron chi connectivity index (χ0n) is 12.2. The van der Waals surface area contributed by atoms with Crippen molar-refractivity contribution >= 4 is 23.0 Å². The average Bonchev–Trinajstić information content (AvgIpc) is 2.56. The van der Waals surface area contributed by atoms with E-state index in [1.54, 1.807) is 0 Å². The van der Waals surface area contributed by atoms with Gasteiger partial charge in [0.2, 0.25) is 5.82 Å². The molecule has 1 aromatic rings. The van der Waals surface area contributed by atoms with Crippen molar-refractivity contribution in [3.05, 3.63) is 16.2 Å². The Balaban J connectivity index is 1.99. The van der Waals surface area contributed by atoms with Gasteiger partial charge in [0.1, 0.15) is 0 Å². The summed E-state index contributed by atoms with van der Waals surface area (Å²) in [6.07, 6.45) is 0. The third-order valence-electron chi connectivity index (χ3n) is 3.86. The lowest BCUT2D eigenvalue weighted by atomic mass is 10.2. The normalized spacial score (nSPS) is 19.3. The highest BCUT2D eigenvalue weighted by Gasteiger charge is 2.27. The van der Waals surface area contributed by atoms with Crippen LogP contribution in [0.5, 0.6) is 0 Å². The molecule has 0 saturated carbocycles. The van der Waals surface area contributed by atoms with Gasteiger partial charge in [0.05, 0.1) is 32.1 Å². The van der Waals surface area contributed by atoms with Crippen LogP contribution in [-0.4, -0.2) is 62.5 Å². The van der Waals surface area contributed by atoms with Gasteiger partial charge in [-0.25, -0.2) is 0 Å². The number of aromatic nitrogens is 1. The van der Waals surface area contributed by atoms with Crippen molar-refractivity contribution in [3.8, 4) is 0 Å². The van der Waals surface area contributed by atoms with Crippen LogP contribution in [0.15, 0.2) is 6.07 Å². The van der Waals surface area contributed by atoms with E-state index in [4.69, 9.17) is 15.2 Å². The van der Waals surface area contributed by atoms with Crippen LogP contribution in [0.2, 0.25) is 0 Å². The van der Waals surface area contributed by atoms with Gasteiger partial charge in [0.15, 0.2) is 5.69 Å². The molecule has 0 atom stereocenters. The highest BCUT2D eigenvalue weighted by atomic mass is 16.6. The quantitative estimate of drug-likeness (QED) is 0.625. The number of ether oxygens (including phenoxy) is 2. The van der Waals surface area contributed by atoms with E-state index in [2.05, 4.69) is 4.98 Å². The molecule has 0 amide bonds. The third-order valence-corrected chi connectivity index (χ3v) is 3.86. The first kappa shape index (κ1) is 14.8. The summed E-state index contributed by atoms with van der Waals surface area (Å²) in [5.74, 6) is 0.288. The fourth-order valence-electron chi connectivity index (χ4n) is 2.68. The van der Waals surface area contributed by atoms with Gasteiger partial charge in [-0.2, -0.15) is 0 Å². The van der Waals surface area contributed by atoms with Crippen LogP contribution >= 0.6 is 0 Å². The molecule has 0 bridgehead atoms. The molecule has 2 saturated heterocycles. The van der Waals surface area contributed by atoms with Crippen molar-refractivity contribution in [1.82, 2.24) is 4.98 Å². The van der Waals surface area contributed by atoms with Crippen LogP contribution in [0.3, 0.4) is 0 Å². The predicted octanol–water partition coefficient (Wildman–Crippen LogP) is 0.245. The predicted molar refractivity (Wildman–Crippen MR) is 81.4 cm³/mol. The van der Waals surface area contributed by atoms with Gasteiger partial charge in [-0.05, 0) is 9.91 Å². The number of hydrogen-bond acceptors (Lipinski definition) is 8. The van der Waals surface area contributed by atoms with Gasteiger partial charge in [-0.3, -0.25) is 0 Å². The van der Waals surface area contributed by atoms with Gasteiger partial charge < -0.3 is 35.1 Å². The maximum Gasteiger partial charge on any atom is 0.391 e. The molecule has 22 heavy (non-hydrogen) atoms. The van der Waals surface area contributed by atoms with Crippen LogP contribution in [-0.2, 0) is 9.47 Å². The first-order chi connectivity index (χ1) is 10.7. The summed E-state index contributed by atoms with van der Waals surface area (Å²) in [5.41, 5.74) is 6.76. The molecule has 1 aromatic heterocycles. The van der Waals surface area contributed by atoms with Crippen LogP contribution in [0.1, 0.15) is 0 Å². The highest BCUT2D eigenvalue weighted by molar-refractivity contribution is 5.78. The summed E-state index contributed by atoms with van der Waals surface area (Å²) in [5, 5.41) is 11.3. The molecule has 2 aliphatic heterocycles. The smallest absolute Gasteiger partial charge is 0.390 e. The molecule has 9 nitrogen and oxygen atoms in total. The Bertz CT molecular complexity index is 556. The fraction of sp³-hybridized carbons (Fsp3) is 0.615. The Morgan fingerprint density at radius 3 is 2.18 bits per heavy atom. The molecule has 3 rings (SSSR count). The molecule has 3 heterocycles. The Labute approximate surface area is 127 Å². The summed E-state index contributed by atoms with van der Waals surface area (Å²) < 4.78 is 10.6. The summed E-state index contributed by atoms with van der Waals surface area (Å²) in [6, 6.07) is 1.83. The molecule has 0 aliphatic carbocycles. The monoisotopic (exact) mass is 309 g/mol. The minimum Gasteiger partial charge on any atom is -0.390 e. The summed E-state index contributed by atoms with van der Waals surface area (Å²) in [6.45, 7) is 5.00. The Hall–Kier alpha value is -2.13. The number of anilines is 3. The van der Waals surface area contributed by atoms with Gasteiger partial charge in [0.25, 0.3) is 0 Å². The molecular formula is C13H19N5O4. The summed E-state index contributed by atoms with van der Waals surface area (Å²) >= 11 is 0. The van der Waals surface area contributed by atoms with Crippen molar-refractivity contribution in [2.45, 2.75) is 0 Å². The van der Waals surface area contributed by atoms with E-state index < -0.39 is 4.92 Å². The van der Waals surface area contributed by atoms with E-state index >= 15 is 0 Å².